The molecule has 1 aromatic carbocycles. The van der Waals surface area contributed by atoms with E-state index in [1.54, 1.807) is 6.07 Å². The maximum Gasteiger partial charge on any atom is 0.123 e. The molecule has 2 rings (SSSR count). The van der Waals surface area contributed by atoms with Gasteiger partial charge in [0, 0.05) is 5.41 Å². The van der Waals surface area contributed by atoms with Crippen LogP contribution in [0.3, 0.4) is 0 Å². The molecule has 0 unspecified atom stereocenters. The number of halogens is 1. The molecule has 1 aromatic rings. The molecule has 0 bridgehead atoms. The van der Waals surface area contributed by atoms with E-state index in [1.807, 2.05) is 6.92 Å². The molecule has 0 spiro atoms. The van der Waals surface area contributed by atoms with Gasteiger partial charge in [0.2, 0.25) is 0 Å². The van der Waals surface area contributed by atoms with Crippen LogP contribution in [0.2, 0.25) is 0 Å². The van der Waals surface area contributed by atoms with Crippen molar-refractivity contribution in [1.29, 1.82) is 0 Å². The quantitative estimate of drug-likeness (QED) is 0.832. The molecule has 1 aliphatic rings. The molecule has 0 atom stereocenters. The summed E-state index contributed by atoms with van der Waals surface area (Å²) in [6.45, 7) is 3.28. The molecule has 16 heavy (non-hydrogen) atoms. The fourth-order valence-corrected chi connectivity index (χ4v) is 1.96. The summed E-state index contributed by atoms with van der Waals surface area (Å²) in [5.74, 6) is 0.567. The molecule has 1 fully saturated rings. The number of benzene rings is 1. The molecular formula is C13H18FNO. The van der Waals surface area contributed by atoms with E-state index in [1.165, 1.54) is 25.0 Å². The minimum atomic E-state index is -0.215. The SMILES string of the molecule is Cc1cc(F)ccc1OCC1(CCN)CC1. The Hall–Kier alpha value is -1.09. The highest BCUT2D eigenvalue weighted by atomic mass is 19.1. The zero-order valence-electron chi connectivity index (χ0n) is 9.63. The third kappa shape index (κ3) is 2.53. The molecule has 1 aliphatic carbocycles. The van der Waals surface area contributed by atoms with Gasteiger partial charge in [0.05, 0.1) is 6.61 Å². The third-order valence-electron chi connectivity index (χ3n) is 3.30. The van der Waals surface area contributed by atoms with E-state index in [0.29, 0.717) is 18.6 Å². The first-order valence-corrected chi connectivity index (χ1v) is 5.74. The van der Waals surface area contributed by atoms with E-state index >= 15 is 0 Å². The van der Waals surface area contributed by atoms with Gasteiger partial charge in [0.15, 0.2) is 0 Å². The maximum absolute atomic E-state index is 12.9. The fourth-order valence-electron chi connectivity index (χ4n) is 1.96. The summed E-state index contributed by atoms with van der Waals surface area (Å²) in [5, 5.41) is 0. The Kier molecular flexibility index (Phi) is 3.15. The van der Waals surface area contributed by atoms with Crippen molar-refractivity contribution >= 4 is 0 Å². The highest BCUT2D eigenvalue weighted by Crippen LogP contribution is 2.48. The molecule has 0 heterocycles. The van der Waals surface area contributed by atoms with Gasteiger partial charge in [0.25, 0.3) is 0 Å². The number of rotatable bonds is 5. The number of ether oxygens (including phenoxy) is 1. The second kappa shape index (κ2) is 4.42. The average Bonchev–Trinajstić information content (AvgIpc) is 2.98. The molecule has 2 N–H and O–H groups in total. The first-order chi connectivity index (χ1) is 7.65. The van der Waals surface area contributed by atoms with Crippen molar-refractivity contribution in [3.8, 4) is 5.75 Å². The summed E-state index contributed by atoms with van der Waals surface area (Å²) in [5.41, 5.74) is 6.72. The van der Waals surface area contributed by atoms with E-state index in [0.717, 1.165) is 17.7 Å². The first-order valence-electron chi connectivity index (χ1n) is 5.74. The van der Waals surface area contributed by atoms with Crippen molar-refractivity contribution in [1.82, 2.24) is 0 Å². The summed E-state index contributed by atoms with van der Waals surface area (Å²) in [7, 11) is 0. The Balaban J connectivity index is 1.94. The molecule has 1 saturated carbocycles. The van der Waals surface area contributed by atoms with Crippen molar-refractivity contribution in [2.24, 2.45) is 11.1 Å². The Morgan fingerprint density at radius 2 is 2.19 bits per heavy atom. The Morgan fingerprint density at radius 3 is 2.75 bits per heavy atom. The largest absolute Gasteiger partial charge is 0.493 e. The molecule has 0 aromatic heterocycles. The zero-order chi connectivity index (χ0) is 11.6. The summed E-state index contributed by atoms with van der Waals surface area (Å²) < 4.78 is 18.6. The predicted molar refractivity (Wildman–Crippen MR) is 62.0 cm³/mol. The second-order valence-electron chi connectivity index (χ2n) is 4.74. The monoisotopic (exact) mass is 223 g/mol. The van der Waals surface area contributed by atoms with Gasteiger partial charge in [-0.3, -0.25) is 0 Å². The van der Waals surface area contributed by atoms with Crippen LogP contribution in [0.4, 0.5) is 4.39 Å². The maximum atomic E-state index is 12.9. The predicted octanol–water partition coefficient (Wildman–Crippen LogP) is 2.64. The molecule has 0 aliphatic heterocycles. The minimum absolute atomic E-state index is 0.215. The van der Waals surface area contributed by atoms with Gasteiger partial charge in [-0.25, -0.2) is 4.39 Å². The van der Waals surface area contributed by atoms with Crippen LogP contribution in [0, 0.1) is 18.2 Å². The molecule has 3 heteroatoms. The van der Waals surface area contributed by atoms with E-state index in [2.05, 4.69) is 0 Å². The van der Waals surface area contributed by atoms with Crippen LogP contribution in [0.1, 0.15) is 24.8 Å². The van der Waals surface area contributed by atoms with Gasteiger partial charge in [0.1, 0.15) is 11.6 Å². The van der Waals surface area contributed by atoms with E-state index in [9.17, 15) is 4.39 Å². The number of hydrogen-bond acceptors (Lipinski definition) is 2. The zero-order valence-corrected chi connectivity index (χ0v) is 9.63. The highest BCUT2D eigenvalue weighted by molar-refractivity contribution is 5.32. The summed E-state index contributed by atoms with van der Waals surface area (Å²) in [6.07, 6.45) is 3.42. The fraction of sp³-hybridized carbons (Fsp3) is 0.538. The topological polar surface area (TPSA) is 35.2 Å². The van der Waals surface area contributed by atoms with Crippen LogP contribution in [-0.4, -0.2) is 13.2 Å². The van der Waals surface area contributed by atoms with Crippen LogP contribution in [-0.2, 0) is 0 Å². The Bertz CT molecular complexity index is 374. The van der Waals surface area contributed by atoms with E-state index in [-0.39, 0.29) is 5.82 Å². The van der Waals surface area contributed by atoms with Crippen LogP contribution in [0.25, 0.3) is 0 Å². The third-order valence-corrected chi connectivity index (χ3v) is 3.30. The molecular weight excluding hydrogens is 205 g/mol. The van der Waals surface area contributed by atoms with Gasteiger partial charge in [-0.1, -0.05) is 0 Å². The van der Waals surface area contributed by atoms with Crippen LogP contribution < -0.4 is 10.5 Å². The normalized spacial score (nSPS) is 17.2. The van der Waals surface area contributed by atoms with E-state index < -0.39 is 0 Å². The van der Waals surface area contributed by atoms with Gasteiger partial charge < -0.3 is 10.5 Å². The van der Waals surface area contributed by atoms with Gasteiger partial charge >= 0.3 is 0 Å². The molecule has 88 valence electrons. The standard InChI is InChI=1S/C13H18FNO/c1-10-8-11(14)2-3-12(10)16-9-13(4-5-13)6-7-15/h2-3,8H,4-7,9,15H2,1H3. The van der Waals surface area contributed by atoms with Crippen molar-refractivity contribution in [3.05, 3.63) is 29.6 Å². The van der Waals surface area contributed by atoms with Gasteiger partial charge in [-0.15, -0.1) is 0 Å². The van der Waals surface area contributed by atoms with Gasteiger partial charge in [-0.2, -0.15) is 0 Å². The molecule has 0 radical (unpaired) electrons. The summed E-state index contributed by atoms with van der Waals surface area (Å²) in [6, 6.07) is 4.63. The lowest BCUT2D eigenvalue weighted by atomic mass is 10.0. The van der Waals surface area contributed by atoms with Crippen LogP contribution >= 0.6 is 0 Å². The van der Waals surface area contributed by atoms with E-state index in [4.69, 9.17) is 10.5 Å². The smallest absolute Gasteiger partial charge is 0.123 e. The molecule has 2 nitrogen and oxygen atoms in total. The van der Waals surface area contributed by atoms with Crippen molar-refractivity contribution in [2.45, 2.75) is 26.2 Å². The number of aryl methyl sites for hydroxylation is 1. The Labute approximate surface area is 95.6 Å². The first kappa shape index (κ1) is 11.4. The average molecular weight is 223 g/mol. The summed E-state index contributed by atoms with van der Waals surface area (Å²) >= 11 is 0. The number of nitrogens with two attached hydrogens (primary N) is 1. The lowest BCUT2D eigenvalue weighted by Gasteiger charge is -2.16. The minimum Gasteiger partial charge on any atom is -0.493 e. The molecule has 0 saturated heterocycles. The lowest BCUT2D eigenvalue weighted by Crippen LogP contribution is -2.17. The lowest BCUT2D eigenvalue weighted by molar-refractivity contribution is 0.225. The van der Waals surface area contributed by atoms with Gasteiger partial charge in [-0.05, 0) is 56.5 Å². The van der Waals surface area contributed by atoms with Crippen molar-refractivity contribution < 1.29 is 9.13 Å². The van der Waals surface area contributed by atoms with Crippen LogP contribution in [0.5, 0.6) is 5.75 Å². The summed E-state index contributed by atoms with van der Waals surface area (Å²) in [4.78, 5) is 0. The van der Waals surface area contributed by atoms with Crippen molar-refractivity contribution in [2.75, 3.05) is 13.2 Å². The van der Waals surface area contributed by atoms with Crippen molar-refractivity contribution in [3.63, 3.8) is 0 Å². The highest BCUT2D eigenvalue weighted by Gasteiger charge is 2.42. The number of hydrogen-bond donors (Lipinski definition) is 1. The molecule has 0 amide bonds. The Morgan fingerprint density at radius 1 is 1.44 bits per heavy atom. The second-order valence-corrected chi connectivity index (χ2v) is 4.74. The van der Waals surface area contributed by atoms with Crippen LogP contribution in [0.15, 0.2) is 18.2 Å².